The van der Waals surface area contributed by atoms with Crippen molar-refractivity contribution >= 4 is 10.8 Å². The van der Waals surface area contributed by atoms with Crippen LogP contribution in [0.5, 0.6) is 0 Å². The summed E-state index contributed by atoms with van der Waals surface area (Å²) in [7, 11) is -0.800. The molecular weight excluding hydrogens is 266 g/mol. The van der Waals surface area contributed by atoms with Crippen LogP contribution in [-0.2, 0) is 16.2 Å². The van der Waals surface area contributed by atoms with Gasteiger partial charge in [0.05, 0.1) is 0 Å². The van der Waals surface area contributed by atoms with Gasteiger partial charge in [-0.05, 0) is 23.0 Å². The largest absolute Gasteiger partial charge is 0.323 e. The van der Waals surface area contributed by atoms with Crippen molar-refractivity contribution in [3.63, 3.8) is 0 Å². The van der Waals surface area contributed by atoms with Gasteiger partial charge < -0.3 is 5.73 Å². The lowest BCUT2D eigenvalue weighted by atomic mass is 9.86. The Morgan fingerprint density at radius 2 is 1.75 bits per heavy atom. The Morgan fingerprint density at radius 3 is 2.25 bits per heavy atom. The zero-order chi connectivity index (χ0) is 15.2. The summed E-state index contributed by atoms with van der Waals surface area (Å²) in [6.07, 6.45) is 3.36. The summed E-state index contributed by atoms with van der Waals surface area (Å²) in [5.41, 5.74) is 8.71. The van der Waals surface area contributed by atoms with Crippen molar-refractivity contribution in [2.75, 3.05) is 11.5 Å². The van der Waals surface area contributed by atoms with Crippen molar-refractivity contribution in [1.29, 1.82) is 0 Å². The van der Waals surface area contributed by atoms with Crippen LogP contribution in [0.4, 0.5) is 0 Å². The maximum absolute atomic E-state index is 12.0. The summed E-state index contributed by atoms with van der Waals surface area (Å²) in [4.78, 5) is 0. The van der Waals surface area contributed by atoms with Crippen LogP contribution in [0.2, 0.25) is 0 Å². The summed E-state index contributed by atoms with van der Waals surface area (Å²) < 4.78 is 12.0. The summed E-state index contributed by atoms with van der Waals surface area (Å²) >= 11 is 0. The van der Waals surface area contributed by atoms with E-state index < -0.39 is 10.8 Å². The standard InChI is InChI=1S/C17H29NOS/c1-5-6-7-12-20(19)13-16(18)14-8-10-15(11-9-14)17(2,3)4/h8-11,16H,5-7,12-13,18H2,1-4H3. The van der Waals surface area contributed by atoms with Gasteiger partial charge in [0.15, 0.2) is 0 Å². The predicted octanol–water partition coefficient (Wildman–Crippen LogP) is 3.92. The molecule has 0 aliphatic carbocycles. The summed E-state index contributed by atoms with van der Waals surface area (Å²) in [6, 6.07) is 8.30. The minimum Gasteiger partial charge on any atom is -0.323 e. The molecule has 0 radical (unpaired) electrons. The molecule has 0 heterocycles. The molecule has 0 aromatic heterocycles. The SMILES string of the molecule is CCCCCS(=O)CC(N)c1ccc(C(C)(C)C)cc1. The molecule has 0 aliphatic heterocycles. The van der Waals surface area contributed by atoms with E-state index in [0.29, 0.717) is 5.75 Å². The summed E-state index contributed by atoms with van der Waals surface area (Å²) in [5.74, 6) is 1.35. The Morgan fingerprint density at radius 1 is 1.15 bits per heavy atom. The Balaban J connectivity index is 2.55. The summed E-state index contributed by atoms with van der Waals surface area (Å²) in [5, 5.41) is 0. The van der Waals surface area contributed by atoms with Crippen LogP contribution in [0, 0.1) is 0 Å². The number of hydrogen-bond acceptors (Lipinski definition) is 2. The fraction of sp³-hybridized carbons (Fsp3) is 0.647. The van der Waals surface area contributed by atoms with E-state index >= 15 is 0 Å². The Kier molecular flexibility index (Phi) is 6.90. The molecule has 2 atom stereocenters. The maximum Gasteiger partial charge on any atom is 0.0428 e. The van der Waals surface area contributed by atoms with Gasteiger partial charge in [-0.3, -0.25) is 4.21 Å². The molecule has 2 unspecified atom stereocenters. The van der Waals surface area contributed by atoms with Gasteiger partial charge in [0.25, 0.3) is 0 Å². The van der Waals surface area contributed by atoms with Crippen LogP contribution in [0.1, 0.15) is 64.1 Å². The zero-order valence-electron chi connectivity index (χ0n) is 13.3. The molecule has 2 N–H and O–H groups in total. The molecule has 0 bridgehead atoms. The van der Waals surface area contributed by atoms with Crippen LogP contribution in [0.25, 0.3) is 0 Å². The molecule has 1 rings (SSSR count). The van der Waals surface area contributed by atoms with Crippen molar-refractivity contribution < 1.29 is 4.21 Å². The van der Waals surface area contributed by atoms with Gasteiger partial charge >= 0.3 is 0 Å². The van der Waals surface area contributed by atoms with Gasteiger partial charge in [-0.25, -0.2) is 0 Å². The van der Waals surface area contributed by atoms with Crippen LogP contribution < -0.4 is 5.73 Å². The molecule has 0 fully saturated rings. The maximum atomic E-state index is 12.0. The normalized spacial score (nSPS) is 15.1. The van der Waals surface area contributed by atoms with Gasteiger partial charge in [-0.2, -0.15) is 0 Å². The molecule has 0 aliphatic rings. The van der Waals surface area contributed by atoms with Crippen LogP contribution >= 0.6 is 0 Å². The van der Waals surface area contributed by atoms with E-state index in [1.807, 2.05) is 0 Å². The van der Waals surface area contributed by atoms with Gasteiger partial charge in [-0.15, -0.1) is 0 Å². The number of nitrogens with two attached hydrogens (primary N) is 1. The van der Waals surface area contributed by atoms with E-state index in [4.69, 9.17) is 5.73 Å². The highest BCUT2D eigenvalue weighted by Gasteiger charge is 2.15. The fourth-order valence-electron chi connectivity index (χ4n) is 2.12. The van der Waals surface area contributed by atoms with Crippen LogP contribution in [-0.4, -0.2) is 15.7 Å². The highest BCUT2D eigenvalue weighted by Crippen LogP contribution is 2.23. The first-order valence-corrected chi connectivity index (χ1v) is 9.04. The third-order valence-electron chi connectivity index (χ3n) is 3.55. The van der Waals surface area contributed by atoms with E-state index in [1.54, 1.807) is 0 Å². The van der Waals surface area contributed by atoms with Gasteiger partial charge in [0, 0.05) is 28.3 Å². The lowest BCUT2D eigenvalue weighted by molar-refractivity contribution is 0.589. The quantitative estimate of drug-likeness (QED) is 0.775. The van der Waals surface area contributed by atoms with Crippen molar-refractivity contribution in [2.24, 2.45) is 5.73 Å². The van der Waals surface area contributed by atoms with Crippen LogP contribution in [0.3, 0.4) is 0 Å². The number of benzene rings is 1. The molecule has 0 amide bonds. The predicted molar refractivity (Wildman–Crippen MR) is 89.5 cm³/mol. The second-order valence-corrected chi connectivity index (χ2v) is 8.12. The van der Waals surface area contributed by atoms with Crippen molar-refractivity contribution in [2.45, 2.75) is 58.4 Å². The molecule has 0 spiro atoms. The third kappa shape index (κ3) is 5.76. The average molecular weight is 295 g/mol. The Hall–Kier alpha value is -0.670. The smallest absolute Gasteiger partial charge is 0.0428 e. The van der Waals surface area contributed by atoms with E-state index in [-0.39, 0.29) is 11.5 Å². The summed E-state index contributed by atoms with van der Waals surface area (Å²) in [6.45, 7) is 8.76. The highest BCUT2D eigenvalue weighted by molar-refractivity contribution is 7.85. The van der Waals surface area contributed by atoms with Gasteiger partial charge in [0.2, 0.25) is 0 Å². The Bertz CT molecular complexity index is 420. The first-order valence-electron chi connectivity index (χ1n) is 7.55. The van der Waals surface area contributed by atoms with Crippen molar-refractivity contribution in [1.82, 2.24) is 0 Å². The van der Waals surface area contributed by atoms with Gasteiger partial charge in [-0.1, -0.05) is 64.8 Å². The van der Waals surface area contributed by atoms with Gasteiger partial charge in [0.1, 0.15) is 0 Å². The second-order valence-electron chi connectivity index (χ2n) is 6.50. The molecule has 0 saturated heterocycles. The zero-order valence-corrected chi connectivity index (χ0v) is 14.1. The monoisotopic (exact) mass is 295 g/mol. The number of rotatable bonds is 7. The van der Waals surface area contributed by atoms with Crippen molar-refractivity contribution in [3.8, 4) is 0 Å². The first kappa shape index (κ1) is 17.4. The third-order valence-corrected chi connectivity index (χ3v) is 5.02. The highest BCUT2D eigenvalue weighted by atomic mass is 32.2. The lowest BCUT2D eigenvalue weighted by Crippen LogP contribution is -2.20. The molecular formula is C17H29NOS. The minimum absolute atomic E-state index is 0.119. The number of hydrogen-bond donors (Lipinski definition) is 1. The molecule has 3 heteroatoms. The number of unbranched alkanes of at least 4 members (excludes halogenated alkanes) is 2. The molecule has 114 valence electrons. The van der Waals surface area contributed by atoms with E-state index in [9.17, 15) is 4.21 Å². The van der Waals surface area contributed by atoms with E-state index in [0.717, 1.165) is 30.6 Å². The second kappa shape index (κ2) is 7.94. The van der Waals surface area contributed by atoms with Crippen LogP contribution in [0.15, 0.2) is 24.3 Å². The average Bonchev–Trinajstić information content (AvgIpc) is 2.38. The first-order chi connectivity index (χ1) is 9.34. The topological polar surface area (TPSA) is 43.1 Å². The van der Waals surface area contributed by atoms with E-state index in [2.05, 4.69) is 52.0 Å². The molecule has 2 nitrogen and oxygen atoms in total. The molecule has 1 aromatic rings. The molecule has 20 heavy (non-hydrogen) atoms. The fourth-order valence-corrected chi connectivity index (χ4v) is 3.41. The molecule has 1 aromatic carbocycles. The van der Waals surface area contributed by atoms with E-state index in [1.165, 1.54) is 5.56 Å². The Labute approximate surface area is 126 Å². The lowest BCUT2D eigenvalue weighted by Gasteiger charge is -2.20. The molecule has 0 saturated carbocycles. The minimum atomic E-state index is -0.800. The van der Waals surface area contributed by atoms with Crippen molar-refractivity contribution in [3.05, 3.63) is 35.4 Å².